The number of aromatic nitrogens is 3. The van der Waals surface area contributed by atoms with Crippen LogP contribution in [0.3, 0.4) is 0 Å². The third kappa shape index (κ3) is 3.61. The van der Waals surface area contributed by atoms with Crippen LogP contribution in [0, 0.1) is 13.8 Å². The first kappa shape index (κ1) is 21.1. The summed E-state index contributed by atoms with van der Waals surface area (Å²) in [5.41, 5.74) is 4.63. The van der Waals surface area contributed by atoms with Crippen LogP contribution in [0.15, 0.2) is 29.0 Å². The molecule has 2 saturated heterocycles. The average Bonchev–Trinajstić information content (AvgIpc) is 3.31. The Morgan fingerprint density at radius 3 is 2.69 bits per heavy atom. The van der Waals surface area contributed by atoms with Crippen LogP contribution in [0.5, 0.6) is 0 Å². The topological polar surface area (TPSA) is 112 Å². The second-order valence-corrected chi connectivity index (χ2v) is 11.0. The highest BCUT2D eigenvalue weighted by atomic mass is 32.2. The first-order valence-corrected chi connectivity index (χ1v) is 12.5. The van der Waals surface area contributed by atoms with Crippen molar-refractivity contribution >= 4 is 27.0 Å². The molecule has 1 N–H and O–H groups in total. The van der Waals surface area contributed by atoms with Gasteiger partial charge in [-0.15, -0.1) is 0 Å². The number of nitrogens with zero attached hydrogens (tertiary/aromatic N) is 4. The van der Waals surface area contributed by atoms with Crippen molar-refractivity contribution in [2.75, 3.05) is 26.2 Å². The Balaban J connectivity index is 1.17. The first-order valence-electron chi connectivity index (χ1n) is 10.9. The number of aromatic amines is 1. The largest absolute Gasteiger partial charge is 0.361 e. The van der Waals surface area contributed by atoms with Crippen molar-refractivity contribution in [1.82, 2.24) is 24.3 Å². The number of nitrogens with one attached hydrogen (secondary N) is 1. The van der Waals surface area contributed by atoms with Gasteiger partial charge in [0.15, 0.2) is 0 Å². The number of likely N-dealkylation sites (tertiary alicyclic amines) is 1. The molecule has 5 heterocycles. The quantitative estimate of drug-likeness (QED) is 0.628. The normalized spacial score (nSPS) is 18.9. The molecule has 0 atom stereocenters. The van der Waals surface area contributed by atoms with Crippen molar-refractivity contribution in [3.8, 4) is 0 Å². The Morgan fingerprint density at radius 2 is 2.00 bits per heavy atom. The van der Waals surface area contributed by atoms with E-state index in [0.29, 0.717) is 30.5 Å². The molecule has 2 aliphatic rings. The number of amides is 1. The fraction of sp³-hybridized carbons (Fsp3) is 0.500. The van der Waals surface area contributed by atoms with E-state index in [0.717, 1.165) is 35.0 Å². The number of hydrogen-bond donors (Lipinski definition) is 1. The monoisotopic (exact) mass is 457 g/mol. The van der Waals surface area contributed by atoms with E-state index in [-0.39, 0.29) is 25.4 Å². The summed E-state index contributed by atoms with van der Waals surface area (Å²) in [6, 6.07) is 3.90. The zero-order valence-corrected chi connectivity index (χ0v) is 19.1. The van der Waals surface area contributed by atoms with E-state index in [2.05, 4.69) is 15.1 Å². The minimum absolute atomic E-state index is 0.0867. The molecule has 2 aliphatic heterocycles. The number of aryl methyl sites for hydroxylation is 2. The summed E-state index contributed by atoms with van der Waals surface area (Å²) in [7, 11) is -3.42. The fourth-order valence-electron chi connectivity index (χ4n) is 4.77. The van der Waals surface area contributed by atoms with Gasteiger partial charge in [-0.25, -0.2) is 12.7 Å². The molecular formula is C22H27N5O4S. The van der Waals surface area contributed by atoms with Gasteiger partial charge in [-0.05, 0) is 50.3 Å². The van der Waals surface area contributed by atoms with Crippen LogP contribution in [-0.2, 0) is 21.2 Å². The smallest absolute Gasteiger partial charge is 0.227 e. The van der Waals surface area contributed by atoms with E-state index in [9.17, 15) is 13.2 Å². The summed E-state index contributed by atoms with van der Waals surface area (Å²) in [5, 5.41) is 3.35. The van der Waals surface area contributed by atoms with E-state index in [1.54, 1.807) is 29.2 Å². The van der Waals surface area contributed by atoms with Crippen LogP contribution in [0.25, 0.3) is 11.0 Å². The number of pyridine rings is 1. The van der Waals surface area contributed by atoms with Crippen molar-refractivity contribution in [1.29, 1.82) is 0 Å². The molecule has 32 heavy (non-hydrogen) atoms. The summed E-state index contributed by atoms with van der Waals surface area (Å²) in [4.78, 5) is 21.9. The van der Waals surface area contributed by atoms with Gasteiger partial charge in [-0.3, -0.25) is 9.78 Å². The van der Waals surface area contributed by atoms with Crippen LogP contribution < -0.4 is 0 Å². The maximum atomic E-state index is 13.1. The number of H-pyrrole nitrogens is 1. The highest BCUT2D eigenvalue weighted by Gasteiger charge is 2.43. The van der Waals surface area contributed by atoms with E-state index in [1.165, 1.54) is 0 Å². The summed E-state index contributed by atoms with van der Waals surface area (Å²) < 4.78 is 32.9. The number of sulfonamides is 1. The third-order valence-corrected chi connectivity index (χ3v) is 9.07. The maximum Gasteiger partial charge on any atom is 0.227 e. The molecule has 3 aromatic rings. The molecule has 0 spiro atoms. The highest BCUT2D eigenvalue weighted by molar-refractivity contribution is 7.89. The zero-order valence-electron chi connectivity index (χ0n) is 18.2. The molecule has 0 radical (unpaired) electrons. The number of piperidine rings is 1. The number of carbonyl (C=O) groups is 1. The van der Waals surface area contributed by atoms with E-state index < -0.39 is 15.3 Å². The molecule has 0 unspecified atom stereocenters. The Labute approximate surface area is 186 Å². The van der Waals surface area contributed by atoms with E-state index >= 15 is 0 Å². The van der Waals surface area contributed by atoms with Crippen molar-refractivity contribution in [3.63, 3.8) is 0 Å². The number of carbonyl (C=O) groups excluding carboxylic acids is 1. The summed E-state index contributed by atoms with van der Waals surface area (Å²) in [5.74, 6) is 0.838. The lowest BCUT2D eigenvalue weighted by Gasteiger charge is -2.42. The van der Waals surface area contributed by atoms with Gasteiger partial charge in [0.25, 0.3) is 0 Å². The minimum Gasteiger partial charge on any atom is -0.361 e. The fourth-order valence-corrected chi connectivity index (χ4v) is 6.64. The minimum atomic E-state index is -3.42. The Morgan fingerprint density at radius 1 is 1.25 bits per heavy atom. The molecule has 0 saturated carbocycles. The van der Waals surface area contributed by atoms with E-state index in [1.807, 2.05) is 18.3 Å². The van der Waals surface area contributed by atoms with Crippen LogP contribution in [-0.4, -0.2) is 70.1 Å². The summed E-state index contributed by atoms with van der Waals surface area (Å²) in [6.07, 6.45) is 5.52. The molecule has 0 bridgehead atoms. The maximum absolute atomic E-state index is 13.1. The molecule has 5 rings (SSSR count). The zero-order chi connectivity index (χ0) is 22.5. The van der Waals surface area contributed by atoms with Crippen LogP contribution in [0.1, 0.15) is 41.3 Å². The molecule has 10 heteroatoms. The lowest BCUT2D eigenvalue weighted by Crippen LogP contribution is -2.60. The third-order valence-electron chi connectivity index (χ3n) is 6.85. The molecule has 3 aromatic heterocycles. The highest BCUT2D eigenvalue weighted by Crippen LogP contribution is 2.34. The van der Waals surface area contributed by atoms with Gasteiger partial charge < -0.3 is 14.4 Å². The van der Waals surface area contributed by atoms with Gasteiger partial charge in [0.2, 0.25) is 15.9 Å². The Hall–Kier alpha value is -2.72. The first-order chi connectivity index (χ1) is 15.3. The number of rotatable bonds is 5. The molecule has 0 aliphatic carbocycles. The van der Waals surface area contributed by atoms with Gasteiger partial charge in [-0.1, -0.05) is 5.16 Å². The molecule has 0 aromatic carbocycles. The van der Waals surface area contributed by atoms with Crippen LogP contribution >= 0.6 is 0 Å². The van der Waals surface area contributed by atoms with Crippen molar-refractivity contribution in [2.24, 2.45) is 0 Å². The predicted octanol–water partition coefficient (Wildman–Crippen LogP) is 2.13. The Kier molecular flexibility index (Phi) is 5.29. The van der Waals surface area contributed by atoms with Crippen molar-refractivity contribution in [3.05, 3.63) is 47.1 Å². The Bertz CT molecular complexity index is 1230. The van der Waals surface area contributed by atoms with Crippen molar-refractivity contribution in [2.45, 2.75) is 44.3 Å². The number of fused-ring (bicyclic) bond motifs is 1. The van der Waals surface area contributed by atoms with Crippen molar-refractivity contribution < 1.29 is 17.7 Å². The molecule has 170 valence electrons. The van der Waals surface area contributed by atoms with Crippen LogP contribution in [0.4, 0.5) is 0 Å². The molecular weight excluding hydrogens is 430 g/mol. The molecule has 2 fully saturated rings. The second kappa shape index (κ2) is 8.00. The van der Waals surface area contributed by atoms with Gasteiger partial charge >= 0.3 is 0 Å². The lowest BCUT2D eigenvalue weighted by molar-refractivity contribution is -0.133. The van der Waals surface area contributed by atoms with Gasteiger partial charge in [0.1, 0.15) is 11.0 Å². The average molecular weight is 458 g/mol. The summed E-state index contributed by atoms with van der Waals surface area (Å²) in [6.45, 7) is 5.07. The number of hydrogen-bond acceptors (Lipinski definition) is 6. The SMILES string of the molecule is Cc1noc(C)c1CC(=O)N1CC(S(=O)(=O)N2CCC(c3c[nH]c4cccnc34)CC2)C1. The summed E-state index contributed by atoms with van der Waals surface area (Å²) >= 11 is 0. The van der Waals surface area contributed by atoms with Gasteiger partial charge in [-0.2, -0.15) is 0 Å². The van der Waals surface area contributed by atoms with E-state index in [4.69, 9.17) is 4.52 Å². The van der Waals surface area contributed by atoms with Gasteiger partial charge in [0, 0.05) is 44.1 Å². The van der Waals surface area contributed by atoms with Gasteiger partial charge in [0.05, 0.1) is 23.1 Å². The second-order valence-electron chi connectivity index (χ2n) is 8.76. The van der Waals surface area contributed by atoms with Crippen LogP contribution in [0.2, 0.25) is 0 Å². The molecule has 9 nitrogen and oxygen atoms in total. The molecule has 1 amide bonds. The predicted molar refractivity (Wildman–Crippen MR) is 119 cm³/mol. The lowest BCUT2D eigenvalue weighted by atomic mass is 9.91. The standard InChI is InChI=1S/C22H27N5O4S/c1-14-18(15(2)31-25-14)10-21(28)26-12-17(13-26)32(29,30)27-8-5-16(6-9-27)19-11-24-20-4-3-7-23-22(19)20/h3-4,7,11,16-17,24H,5-6,8-10,12-13H2,1-2H3.